The van der Waals surface area contributed by atoms with Gasteiger partial charge in [-0.05, 0) is 86.0 Å². The Bertz CT molecular complexity index is 1270. The molecule has 0 heterocycles. The zero-order valence-corrected chi connectivity index (χ0v) is 22.3. The number of nitrogens with zero attached hydrogens (tertiary/aromatic N) is 1. The van der Waals surface area contributed by atoms with E-state index in [1.165, 1.54) is 12.8 Å². The van der Waals surface area contributed by atoms with Crippen LogP contribution >= 0.6 is 7.60 Å². The van der Waals surface area contributed by atoms with Gasteiger partial charge in [-0.25, -0.2) is 0 Å². The van der Waals surface area contributed by atoms with E-state index in [0.717, 1.165) is 46.8 Å². The number of methoxy groups -OCH3 is 1. The molecule has 0 spiro atoms. The van der Waals surface area contributed by atoms with Crippen LogP contribution in [0.15, 0.2) is 54.6 Å². The lowest BCUT2D eigenvalue weighted by atomic mass is 10.0. The maximum absolute atomic E-state index is 13.3. The summed E-state index contributed by atoms with van der Waals surface area (Å²) in [4.78, 5) is 33.5. The second-order valence-corrected chi connectivity index (χ2v) is 11.4. The third-order valence-electron chi connectivity index (χ3n) is 6.64. The maximum Gasteiger partial charge on any atom is 0.325 e. The highest BCUT2D eigenvalue weighted by atomic mass is 31.2. The molecule has 3 aromatic rings. The van der Waals surface area contributed by atoms with Crippen molar-refractivity contribution >= 4 is 35.7 Å². The number of rotatable bonds is 13. The summed E-state index contributed by atoms with van der Waals surface area (Å²) in [6.45, 7) is 5.11. The number of carbonyl (C=O) groups excluding carboxylic acids is 1. The molecule has 1 fully saturated rings. The number of fused-ring (bicyclic) bond motifs is 1. The molecular formula is C28H36N3O5P. The third kappa shape index (κ3) is 7.79. The average Bonchev–Trinajstić information content (AvgIpc) is 3.70. The molecule has 0 atom stereocenters. The molecule has 9 heteroatoms. The standard InChI is InChI=1S/C28H36N3O5P/c1-3-31(19-21-5-6-21)27-16-23(15-22-9-12-25(36-2)17-26(22)27)28(32)30-24-10-7-20(8-11-24)18-29-13-4-14-37(33,34)35/h7-12,15-17,21,29H,3-6,13-14,18-19H2,1-2H3,(H,30,32)(H2,33,34,35). The van der Waals surface area contributed by atoms with E-state index in [2.05, 4.69) is 22.5 Å². The number of carbonyl (C=O) groups is 1. The first-order chi connectivity index (χ1) is 17.8. The quantitative estimate of drug-likeness (QED) is 0.184. The van der Waals surface area contributed by atoms with Gasteiger partial charge in [0.15, 0.2) is 0 Å². The summed E-state index contributed by atoms with van der Waals surface area (Å²) in [7, 11) is -2.28. The fourth-order valence-corrected chi connectivity index (χ4v) is 4.97. The van der Waals surface area contributed by atoms with Crippen LogP contribution in [0.5, 0.6) is 5.75 Å². The van der Waals surface area contributed by atoms with Crippen molar-refractivity contribution in [3.8, 4) is 5.75 Å². The van der Waals surface area contributed by atoms with Crippen LogP contribution in [0.3, 0.4) is 0 Å². The Labute approximate surface area is 218 Å². The van der Waals surface area contributed by atoms with E-state index >= 15 is 0 Å². The third-order valence-corrected chi connectivity index (χ3v) is 7.54. The molecule has 4 rings (SSSR count). The molecule has 4 N–H and O–H groups in total. The van der Waals surface area contributed by atoms with Crippen LogP contribution in [-0.4, -0.2) is 48.6 Å². The molecule has 1 aliphatic rings. The highest BCUT2D eigenvalue weighted by Crippen LogP contribution is 2.36. The van der Waals surface area contributed by atoms with Crippen molar-refractivity contribution in [2.75, 3.05) is 43.1 Å². The monoisotopic (exact) mass is 525 g/mol. The highest BCUT2D eigenvalue weighted by molar-refractivity contribution is 7.51. The minimum atomic E-state index is -3.94. The SMILES string of the molecule is CCN(CC1CC1)c1cc(C(=O)Nc2ccc(CNCCCP(=O)(O)O)cc2)cc2ccc(OC)cc12. The van der Waals surface area contributed by atoms with E-state index in [1.54, 1.807) is 7.11 Å². The minimum absolute atomic E-state index is 0.119. The molecular weight excluding hydrogens is 489 g/mol. The van der Waals surface area contributed by atoms with Gasteiger partial charge in [0.2, 0.25) is 0 Å². The van der Waals surface area contributed by atoms with E-state index in [1.807, 2.05) is 54.6 Å². The molecule has 1 saturated carbocycles. The highest BCUT2D eigenvalue weighted by Gasteiger charge is 2.25. The lowest BCUT2D eigenvalue weighted by Crippen LogP contribution is -2.26. The maximum atomic E-state index is 13.3. The molecule has 3 aromatic carbocycles. The molecule has 0 aliphatic heterocycles. The molecule has 0 saturated heterocycles. The molecule has 0 aromatic heterocycles. The Kier molecular flexibility index (Phi) is 8.87. The minimum Gasteiger partial charge on any atom is -0.497 e. The van der Waals surface area contributed by atoms with Gasteiger partial charge in [0, 0.05) is 42.0 Å². The van der Waals surface area contributed by atoms with Crippen LogP contribution < -0.4 is 20.3 Å². The number of hydrogen-bond acceptors (Lipinski definition) is 5. The second kappa shape index (κ2) is 12.1. The van der Waals surface area contributed by atoms with Crippen molar-refractivity contribution in [1.29, 1.82) is 0 Å². The van der Waals surface area contributed by atoms with Crippen molar-refractivity contribution in [1.82, 2.24) is 5.32 Å². The first-order valence-electron chi connectivity index (χ1n) is 12.8. The zero-order chi connectivity index (χ0) is 26.4. The number of anilines is 2. The first-order valence-corrected chi connectivity index (χ1v) is 14.6. The van der Waals surface area contributed by atoms with Gasteiger partial charge in [0.05, 0.1) is 13.3 Å². The number of nitrogens with one attached hydrogen (secondary N) is 2. The van der Waals surface area contributed by atoms with Gasteiger partial charge in [-0.2, -0.15) is 0 Å². The summed E-state index contributed by atoms with van der Waals surface area (Å²) in [6, 6.07) is 17.5. The van der Waals surface area contributed by atoms with Crippen LogP contribution in [0, 0.1) is 5.92 Å². The lowest BCUT2D eigenvalue weighted by molar-refractivity contribution is 0.102. The summed E-state index contributed by atoms with van der Waals surface area (Å²) in [5.74, 6) is 1.35. The molecule has 8 nitrogen and oxygen atoms in total. The second-order valence-electron chi connectivity index (χ2n) is 9.63. The Morgan fingerprint density at radius 2 is 1.86 bits per heavy atom. The molecule has 37 heavy (non-hydrogen) atoms. The molecule has 1 amide bonds. The normalized spacial score (nSPS) is 13.5. The summed E-state index contributed by atoms with van der Waals surface area (Å²) in [6.07, 6.45) is 2.81. The topological polar surface area (TPSA) is 111 Å². The van der Waals surface area contributed by atoms with Crippen molar-refractivity contribution in [2.45, 2.75) is 32.7 Å². The Morgan fingerprint density at radius 3 is 2.51 bits per heavy atom. The van der Waals surface area contributed by atoms with E-state index in [4.69, 9.17) is 14.5 Å². The Balaban J connectivity index is 1.46. The van der Waals surface area contributed by atoms with Gasteiger partial charge in [-0.15, -0.1) is 0 Å². The smallest absolute Gasteiger partial charge is 0.325 e. The molecule has 0 unspecified atom stereocenters. The largest absolute Gasteiger partial charge is 0.497 e. The van der Waals surface area contributed by atoms with Crippen LogP contribution in [0.1, 0.15) is 42.1 Å². The van der Waals surface area contributed by atoms with Crippen LogP contribution in [0.25, 0.3) is 10.8 Å². The van der Waals surface area contributed by atoms with Gasteiger partial charge in [-0.3, -0.25) is 9.36 Å². The molecule has 0 bridgehead atoms. The summed E-state index contributed by atoms with van der Waals surface area (Å²) < 4.78 is 16.4. The zero-order valence-electron chi connectivity index (χ0n) is 21.4. The number of hydrogen-bond donors (Lipinski definition) is 4. The predicted octanol–water partition coefficient (Wildman–Crippen LogP) is 4.99. The number of benzene rings is 3. The van der Waals surface area contributed by atoms with Gasteiger partial charge < -0.3 is 30.1 Å². The van der Waals surface area contributed by atoms with E-state index < -0.39 is 7.60 Å². The summed E-state index contributed by atoms with van der Waals surface area (Å²) in [5, 5.41) is 8.27. The van der Waals surface area contributed by atoms with E-state index in [-0.39, 0.29) is 12.1 Å². The van der Waals surface area contributed by atoms with Crippen molar-refractivity contribution in [3.05, 3.63) is 65.7 Å². The van der Waals surface area contributed by atoms with Crippen molar-refractivity contribution in [3.63, 3.8) is 0 Å². The molecule has 0 radical (unpaired) electrons. The summed E-state index contributed by atoms with van der Waals surface area (Å²) in [5.41, 5.74) is 3.39. The van der Waals surface area contributed by atoms with E-state index in [0.29, 0.717) is 30.8 Å². The van der Waals surface area contributed by atoms with Gasteiger partial charge in [0.25, 0.3) is 5.91 Å². The van der Waals surface area contributed by atoms with Gasteiger partial charge in [-0.1, -0.05) is 18.2 Å². The van der Waals surface area contributed by atoms with Crippen LogP contribution in [0.2, 0.25) is 0 Å². The average molecular weight is 526 g/mol. The fraction of sp³-hybridized carbons (Fsp3) is 0.393. The Morgan fingerprint density at radius 1 is 1.11 bits per heavy atom. The van der Waals surface area contributed by atoms with Crippen LogP contribution in [0.4, 0.5) is 11.4 Å². The van der Waals surface area contributed by atoms with Crippen molar-refractivity contribution < 1.29 is 23.9 Å². The molecule has 198 valence electrons. The number of amides is 1. The van der Waals surface area contributed by atoms with Gasteiger partial charge in [0.1, 0.15) is 5.75 Å². The summed E-state index contributed by atoms with van der Waals surface area (Å²) >= 11 is 0. The number of ether oxygens (including phenoxy) is 1. The van der Waals surface area contributed by atoms with Gasteiger partial charge >= 0.3 is 7.60 Å². The first kappa shape index (κ1) is 27.1. The van der Waals surface area contributed by atoms with Crippen molar-refractivity contribution in [2.24, 2.45) is 5.92 Å². The Hall–Kier alpha value is -2.90. The predicted molar refractivity (Wildman–Crippen MR) is 149 cm³/mol. The fourth-order valence-electron chi connectivity index (χ4n) is 4.40. The van der Waals surface area contributed by atoms with Crippen LogP contribution in [-0.2, 0) is 11.1 Å². The van der Waals surface area contributed by atoms with E-state index in [9.17, 15) is 9.36 Å². The lowest BCUT2D eigenvalue weighted by Gasteiger charge is -2.25. The molecule has 1 aliphatic carbocycles.